The van der Waals surface area contributed by atoms with E-state index in [2.05, 4.69) is 0 Å². The summed E-state index contributed by atoms with van der Waals surface area (Å²) in [5, 5.41) is 0. The van der Waals surface area contributed by atoms with E-state index in [0.29, 0.717) is 12.2 Å². The molecular weight excluding hydrogens is 224 g/mol. The molecule has 0 N–H and O–H groups in total. The van der Waals surface area contributed by atoms with Crippen molar-refractivity contribution in [2.24, 2.45) is 0 Å². The highest BCUT2D eigenvalue weighted by Crippen LogP contribution is 2.19. The van der Waals surface area contributed by atoms with E-state index in [9.17, 15) is 4.79 Å². The maximum atomic E-state index is 11.8. The Morgan fingerprint density at radius 3 is 2.44 bits per heavy atom. The summed E-state index contributed by atoms with van der Waals surface area (Å²) in [6.45, 7) is 3.96. The van der Waals surface area contributed by atoms with E-state index >= 15 is 0 Å². The largest absolute Gasteiger partial charge is 0.426 e. The minimum Gasteiger partial charge on any atom is -0.426 e. The molecule has 0 spiro atoms. The lowest BCUT2D eigenvalue weighted by Gasteiger charge is -2.08. The van der Waals surface area contributed by atoms with Gasteiger partial charge in [0.2, 0.25) is 0 Å². The zero-order valence-electron chi connectivity index (χ0n) is 10.6. The zero-order chi connectivity index (χ0) is 13.0. The van der Waals surface area contributed by atoms with Crippen molar-refractivity contribution in [2.45, 2.75) is 20.3 Å². The third-order valence-electron chi connectivity index (χ3n) is 2.75. The van der Waals surface area contributed by atoms with Gasteiger partial charge >= 0.3 is 5.97 Å². The lowest BCUT2D eigenvalue weighted by Crippen LogP contribution is -2.11. The molecule has 0 aromatic heterocycles. The number of hydrogen-bond donors (Lipinski definition) is 0. The first-order chi connectivity index (χ1) is 8.65. The van der Waals surface area contributed by atoms with Gasteiger partial charge in [-0.3, -0.25) is 4.79 Å². The maximum Gasteiger partial charge on any atom is 0.315 e. The highest BCUT2D eigenvalue weighted by Gasteiger charge is 2.08. The van der Waals surface area contributed by atoms with Gasteiger partial charge in [0, 0.05) is 0 Å². The van der Waals surface area contributed by atoms with Crippen LogP contribution in [0.5, 0.6) is 5.75 Å². The number of benzene rings is 2. The molecule has 0 amide bonds. The molecule has 18 heavy (non-hydrogen) atoms. The maximum absolute atomic E-state index is 11.8. The van der Waals surface area contributed by atoms with Crippen molar-refractivity contribution in [2.75, 3.05) is 0 Å². The first kappa shape index (κ1) is 12.4. The molecule has 0 heterocycles. The normalized spacial score (nSPS) is 10.1. The van der Waals surface area contributed by atoms with Crippen LogP contribution in [0, 0.1) is 13.8 Å². The highest BCUT2D eigenvalue weighted by atomic mass is 16.5. The summed E-state index contributed by atoms with van der Waals surface area (Å²) in [5.41, 5.74) is 3.11. The molecule has 2 nitrogen and oxygen atoms in total. The Morgan fingerprint density at radius 2 is 1.78 bits per heavy atom. The molecule has 0 unspecified atom stereocenters. The van der Waals surface area contributed by atoms with Crippen molar-refractivity contribution in [3.63, 3.8) is 0 Å². The van der Waals surface area contributed by atoms with Crippen molar-refractivity contribution in [1.82, 2.24) is 0 Å². The summed E-state index contributed by atoms with van der Waals surface area (Å²) < 4.78 is 5.37. The molecule has 0 aliphatic rings. The minimum atomic E-state index is -0.229. The third kappa shape index (κ3) is 3.20. The standard InChI is InChI=1S/C16H16O2/c1-12-8-9-15(13(2)10-12)18-16(17)11-14-6-4-3-5-7-14/h3-10H,11H2,1-2H3. The van der Waals surface area contributed by atoms with Gasteiger partial charge in [0.05, 0.1) is 6.42 Å². The first-order valence-electron chi connectivity index (χ1n) is 5.97. The molecule has 0 aliphatic heterocycles. The fourth-order valence-corrected chi connectivity index (χ4v) is 1.84. The average molecular weight is 240 g/mol. The van der Waals surface area contributed by atoms with Gasteiger partial charge in [0.1, 0.15) is 5.75 Å². The van der Waals surface area contributed by atoms with Gasteiger partial charge in [0.15, 0.2) is 0 Å². The minimum absolute atomic E-state index is 0.229. The van der Waals surface area contributed by atoms with Crippen molar-refractivity contribution in [1.29, 1.82) is 0 Å². The van der Waals surface area contributed by atoms with E-state index < -0.39 is 0 Å². The summed E-state index contributed by atoms with van der Waals surface area (Å²) in [6.07, 6.45) is 0.300. The van der Waals surface area contributed by atoms with Crippen LogP contribution in [-0.2, 0) is 11.2 Å². The molecular formula is C16H16O2. The predicted molar refractivity (Wildman–Crippen MR) is 71.7 cm³/mol. The molecule has 2 aromatic rings. The number of hydrogen-bond acceptors (Lipinski definition) is 2. The van der Waals surface area contributed by atoms with E-state index in [1.54, 1.807) is 0 Å². The van der Waals surface area contributed by atoms with Crippen LogP contribution in [0.15, 0.2) is 48.5 Å². The van der Waals surface area contributed by atoms with E-state index in [4.69, 9.17) is 4.74 Å². The number of ether oxygens (including phenoxy) is 1. The van der Waals surface area contributed by atoms with Gasteiger partial charge in [-0.1, -0.05) is 48.0 Å². The van der Waals surface area contributed by atoms with E-state index in [-0.39, 0.29) is 5.97 Å². The summed E-state index contributed by atoms with van der Waals surface area (Å²) in [7, 11) is 0. The number of aryl methyl sites for hydroxylation is 2. The Labute approximate surface area is 107 Å². The lowest BCUT2D eigenvalue weighted by atomic mass is 10.1. The van der Waals surface area contributed by atoms with Gasteiger partial charge in [0.25, 0.3) is 0 Å². The summed E-state index contributed by atoms with van der Waals surface area (Å²) in [5.74, 6) is 0.412. The Balaban J connectivity index is 2.03. The van der Waals surface area contributed by atoms with E-state index in [1.165, 1.54) is 0 Å². The molecule has 0 saturated heterocycles. The fourth-order valence-electron chi connectivity index (χ4n) is 1.84. The van der Waals surface area contributed by atoms with Crippen LogP contribution >= 0.6 is 0 Å². The SMILES string of the molecule is Cc1ccc(OC(=O)Cc2ccccc2)c(C)c1. The summed E-state index contributed by atoms with van der Waals surface area (Å²) in [6, 6.07) is 15.4. The number of rotatable bonds is 3. The number of carbonyl (C=O) groups excluding carboxylic acids is 1. The lowest BCUT2D eigenvalue weighted by molar-refractivity contribution is -0.133. The molecule has 0 atom stereocenters. The van der Waals surface area contributed by atoms with Crippen molar-refractivity contribution < 1.29 is 9.53 Å². The number of esters is 1. The monoisotopic (exact) mass is 240 g/mol. The zero-order valence-corrected chi connectivity index (χ0v) is 10.6. The van der Waals surface area contributed by atoms with Crippen molar-refractivity contribution in [3.05, 3.63) is 65.2 Å². The molecule has 0 radical (unpaired) electrons. The van der Waals surface area contributed by atoms with E-state index in [0.717, 1.165) is 16.7 Å². The molecule has 0 aliphatic carbocycles. The van der Waals surface area contributed by atoms with E-state index in [1.807, 2.05) is 62.4 Å². The van der Waals surface area contributed by atoms with Crippen LogP contribution in [0.1, 0.15) is 16.7 Å². The summed E-state index contributed by atoms with van der Waals surface area (Å²) in [4.78, 5) is 11.8. The Morgan fingerprint density at radius 1 is 1.06 bits per heavy atom. The van der Waals surface area contributed by atoms with Gasteiger partial charge < -0.3 is 4.74 Å². The quantitative estimate of drug-likeness (QED) is 0.606. The molecule has 0 saturated carbocycles. The summed E-state index contributed by atoms with van der Waals surface area (Å²) >= 11 is 0. The van der Waals surface area contributed by atoms with Crippen LogP contribution in [0.25, 0.3) is 0 Å². The van der Waals surface area contributed by atoms with Gasteiger partial charge in [-0.15, -0.1) is 0 Å². The molecule has 92 valence electrons. The number of carbonyl (C=O) groups is 1. The second kappa shape index (κ2) is 5.50. The van der Waals surface area contributed by atoms with Crippen LogP contribution < -0.4 is 4.74 Å². The first-order valence-corrected chi connectivity index (χ1v) is 5.97. The van der Waals surface area contributed by atoms with Crippen LogP contribution in [-0.4, -0.2) is 5.97 Å². The topological polar surface area (TPSA) is 26.3 Å². The van der Waals surface area contributed by atoms with Crippen LogP contribution in [0.2, 0.25) is 0 Å². The second-order valence-corrected chi connectivity index (χ2v) is 4.41. The molecule has 2 aromatic carbocycles. The van der Waals surface area contributed by atoms with Crippen LogP contribution in [0.4, 0.5) is 0 Å². The molecule has 0 bridgehead atoms. The Kier molecular flexibility index (Phi) is 3.78. The van der Waals surface area contributed by atoms with Crippen molar-refractivity contribution in [3.8, 4) is 5.75 Å². The van der Waals surface area contributed by atoms with Crippen LogP contribution in [0.3, 0.4) is 0 Å². The highest BCUT2D eigenvalue weighted by molar-refractivity contribution is 5.75. The fraction of sp³-hybridized carbons (Fsp3) is 0.188. The second-order valence-electron chi connectivity index (χ2n) is 4.41. The van der Waals surface area contributed by atoms with Gasteiger partial charge in [-0.25, -0.2) is 0 Å². The molecule has 0 fully saturated rings. The van der Waals surface area contributed by atoms with Gasteiger partial charge in [-0.05, 0) is 31.0 Å². The van der Waals surface area contributed by atoms with Gasteiger partial charge in [-0.2, -0.15) is 0 Å². The Bertz CT molecular complexity index is 544. The third-order valence-corrected chi connectivity index (χ3v) is 2.75. The van der Waals surface area contributed by atoms with Crippen molar-refractivity contribution >= 4 is 5.97 Å². The molecule has 2 heteroatoms. The predicted octanol–water partition coefficient (Wildman–Crippen LogP) is 3.45. The average Bonchev–Trinajstić information content (AvgIpc) is 2.34. The Hall–Kier alpha value is -2.09. The smallest absolute Gasteiger partial charge is 0.315 e. The molecule has 2 rings (SSSR count).